The van der Waals surface area contributed by atoms with Gasteiger partial charge in [0.15, 0.2) is 0 Å². The number of hydrogen-bond donors (Lipinski definition) is 1. The van der Waals surface area contributed by atoms with Crippen LogP contribution in [0.5, 0.6) is 0 Å². The van der Waals surface area contributed by atoms with E-state index in [0.29, 0.717) is 0 Å². The Kier molecular flexibility index (Phi) is 17.2. The Hall–Kier alpha value is -0.0438. The zero-order chi connectivity index (χ0) is 9.07. The summed E-state index contributed by atoms with van der Waals surface area (Å²) >= 11 is 0. The van der Waals surface area contributed by atoms with Gasteiger partial charge in [-0.3, -0.25) is 4.79 Å². The van der Waals surface area contributed by atoms with E-state index in [4.69, 9.17) is 10.1 Å². The standard InChI is InChI=1S/2CHO3.CH2O3.Mg.H2/c2*1-2-4-3-1;2-1-4-3;;/h2*1H;1,3H;;1H/q2*-1;;+2;. The second-order valence-electron chi connectivity index (χ2n) is 0.915. The second-order valence-corrected chi connectivity index (χ2v) is 0.915. The van der Waals surface area contributed by atoms with Crippen LogP contribution in [-0.4, -0.2) is 34.8 Å². The second kappa shape index (κ2) is 14.5. The smallest absolute Gasteiger partial charge is 0.354 e. The molecule has 0 aromatic heterocycles. The number of hydrogen-bond acceptors (Lipinski definition) is 9. The normalized spacial score (nSPS) is 16.4. The van der Waals surface area contributed by atoms with E-state index in [1.165, 1.54) is 0 Å². The number of rotatable bonds is 1. The van der Waals surface area contributed by atoms with Gasteiger partial charge in [0, 0.05) is 1.43 Å². The van der Waals surface area contributed by atoms with Crippen LogP contribution in [-0.2, 0) is 39.3 Å². The van der Waals surface area contributed by atoms with Gasteiger partial charge >= 0.3 is 29.5 Å². The van der Waals surface area contributed by atoms with Crippen molar-refractivity contribution in [1.29, 1.82) is 0 Å². The summed E-state index contributed by atoms with van der Waals surface area (Å²) in [5, 5.41) is 14.3. The summed E-state index contributed by atoms with van der Waals surface area (Å²) in [5.74, 6) is 0. The molecule has 0 atom stereocenters. The van der Waals surface area contributed by atoms with Crippen LogP contribution in [0.1, 0.15) is 1.43 Å². The van der Waals surface area contributed by atoms with Crippen LogP contribution in [0.3, 0.4) is 0 Å². The van der Waals surface area contributed by atoms with Gasteiger partial charge in [-0.05, 0) is 13.6 Å². The van der Waals surface area contributed by atoms with Crippen molar-refractivity contribution in [2.24, 2.45) is 0 Å². The van der Waals surface area contributed by atoms with E-state index < -0.39 is 0 Å². The molecule has 10 heteroatoms. The van der Waals surface area contributed by atoms with Crippen LogP contribution in [0, 0.1) is 13.6 Å². The summed E-state index contributed by atoms with van der Waals surface area (Å²) in [6, 6.07) is 0. The third kappa shape index (κ3) is 14.8. The molecular weight excluding hydrogens is 204 g/mol. The molecule has 2 heterocycles. The van der Waals surface area contributed by atoms with E-state index in [-0.39, 0.29) is 31.0 Å². The van der Waals surface area contributed by atoms with Gasteiger partial charge in [-0.1, -0.05) is 0 Å². The molecule has 74 valence electrons. The fourth-order valence-corrected chi connectivity index (χ4v) is 0.0786. The van der Waals surface area contributed by atoms with E-state index in [9.17, 15) is 0 Å². The molecule has 0 radical (unpaired) electrons. The SMILES string of the molecule is O=COO.[CH-]1OOO1.[CH-]1OOO1.[HH].[Mg+2]. The molecule has 9 nitrogen and oxygen atoms in total. The van der Waals surface area contributed by atoms with E-state index in [2.05, 4.69) is 34.5 Å². The van der Waals surface area contributed by atoms with Crippen molar-refractivity contribution >= 4 is 29.5 Å². The molecule has 2 fully saturated rings. The van der Waals surface area contributed by atoms with Crippen LogP contribution in [0.2, 0.25) is 0 Å². The van der Waals surface area contributed by atoms with Gasteiger partial charge in [0.05, 0.1) is 0 Å². The molecule has 2 saturated heterocycles. The summed E-state index contributed by atoms with van der Waals surface area (Å²) in [4.78, 5) is 27.1. The Morgan fingerprint density at radius 2 is 1.31 bits per heavy atom. The molecule has 0 aromatic carbocycles. The van der Waals surface area contributed by atoms with Crippen LogP contribution in [0.15, 0.2) is 0 Å². The summed E-state index contributed by atoms with van der Waals surface area (Å²) in [6.07, 6.45) is 0. The van der Waals surface area contributed by atoms with Crippen LogP contribution < -0.4 is 0 Å². The zero-order valence-electron chi connectivity index (χ0n) is 6.15. The average molecular weight is 210 g/mol. The summed E-state index contributed by atoms with van der Waals surface area (Å²) in [6.45, 7) is 2.10. The maximum Gasteiger partial charge on any atom is 2.00 e. The van der Waals surface area contributed by atoms with Crippen LogP contribution >= 0.6 is 0 Å². The van der Waals surface area contributed by atoms with Gasteiger partial charge in [0.2, 0.25) is 0 Å². The molecule has 0 bridgehead atoms. The van der Waals surface area contributed by atoms with E-state index in [1.807, 2.05) is 0 Å². The molecule has 0 aliphatic carbocycles. The summed E-state index contributed by atoms with van der Waals surface area (Å²) < 4.78 is 0. The fourth-order valence-electron chi connectivity index (χ4n) is 0.0786. The first-order valence-electron chi connectivity index (χ1n) is 2.26. The molecule has 0 unspecified atom stereocenters. The number of carbonyl (C=O) groups is 1. The van der Waals surface area contributed by atoms with Crippen molar-refractivity contribution < 1.29 is 46.0 Å². The molecule has 2 aliphatic rings. The molecule has 2 rings (SSSR count). The Labute approximate surface area is 89.6 Å². The Bertz CT molecular complexity index is 80.1. The van der Waals surface area contributed by atoms with Crippen molar-refractivity contribution in [2.75, 3.05) is 0 Å². The van der Waals surface area contributed by atoms with E-state index in [1.54, 1.807) is 0 Å². The maximum absolute atomic E-state index is 8.70. The van der Waals surface area contributed by atoms with Crippen molar-refractivity contribution in [3.63, 3.8) is 0 Å². The number of carbonyl (C=O) groups excluding carboxylic acids is 1. The summed E-state index contributed by atoms with van der Waals surface area (Å²) in [7, 11) is 0. The van der Waals surface area contributed by atoms with Crippen molar-refractivity contribution in [1.82, 2.24) is 0 Å². The molecule has 0 amide bonds. The minimum absolute atomic E-state index is 0. The largest absolute Gasteiger partial charge is 2.00 e. The third-order valence-corrected chi connectivity index (χ3v) is 0.357. The van der Waals surface area contributed by atoms with Gasteiger partial charge in [-0.15, -0.1) is 10.1 Å². The molecule has 0 spiro atoms. The Morgan fingerprint density at radius 1 is 1.15 bits per heavy atom. The molecule has 1 N–H and O–H groups in total. The van der Waals surface area contributed by atoms with E-state index >= 15 is 0 Å². The monoisotopic (exact) mass is 210 g/mol. The van der Waals surface area contributed by atoms with Gasteiger partial charge in [0.25, 0.3) is 0 Å². The molecule has 2 aliphatic heterocycles. The van der Waals surface area contributed by atoms with Crippen molar-refractivity contribution in [2.45, 2.75) is 0 Å². The molecule has 0 aromatic rings. The van der Waals surface area contributed by atoms with Crippen molar-refractivity contribution in [3.05, 3.63) is 13.6 Å². The zero-order valence-corrected chi connectivity index (χ0v) is 7.57. The van der Waals surface area contributed by atoms with Crippen LogP contribution in [0.25, 0.3) is 0 Å². The average Bonchev–Trinajstić information content (AvgIpc) is 1.79. The first kappa shape index (κ1) is 15.4. The quantitative estimate of drug-likeness (QED) is 0.202. The topological polar surface area (TPSA) is 102 Å². The Balaban J connectivity index is -0.000000121. The van der Waals surface area contributed by atoms with Gasteiger partial charge in [-0.25, -0.2) is 5.26 Å². The van der Waals surface area contributed by atoms with Gasteiger partial charge in [-0.2, -0.15) is 0 Å². The summed E-state index contributed by atoms with van der Waals surface area (Å²) in [5.41, 5.74) is 0. The first-order chi connectivity index (χ1) is 5.91. The molecular formula is C3H6MgO9. The first-order valence-corrected chi connectivity index (χ1v) is 2.26. The molecule has 0 saturated carbocycles. The van der Waals surface area contributed by atoms with E-state index in [0.717, 1.165) is 13.6 Å². The Morgan fingerprint density at radius 3 is 1.31 bits per heavy atom. The fraction of sp³-hybridized carbons (Fsp3) is 0. The van der Waals surface area contributed by atoms with Gasteiger partial charge in [0.1, 0.15) is 0 Å². The van der Waals surface area contributed by atoms with Crippen LogP contribution in [0.4, 0.5) is 0 Å². The minimum atomic E-state index is -0.0694. The third-order valence-electron chi connectivity index (χ3n) is 0.357. The maximum atomic E-state index is 8.70. The predicted octanol–water partition coefficient (Wildman–Crippen LogP) is -0.504. The van der Waals surface area contributed by atoms with Crippen molar-refractivity contribution in [3.8, 4) is 0 Å². The minimum Gasteiger partial charge on any atom is -0.354 e. The molecule has 13 heavy (non-hydrogen) atoms. The van der Waals surface area contributed by atoms with Gasteiger partial charge < -0.3 is 24.4 Å². The predicted molar refractivity (Wildman–Crippen MR) is 32.8 cm³/mol.